The number of rotatable bonds is 3. The summed E-state index contributed by atoms with van der Waals surface area (Å²) in [6, 6.07) is -0.456. The molecule has 0 radical (unpaired) electrons. The molecule has 0 aliphatic heterocycles. The van der Waals surface area contributed by atoms with Gasteiger partial charge in [0, 0.05) is 28.9 Å². The minimum Gasteiger partial charge on any atom is -0.336 e. The highest BCUT2D eigenvalue weighted by molar-refractivity contribution is 7.84. The molecule has 11 heavy (non-hydrogen) atoms. The van der Waals surface area contributed by atoms with Gasteiger partial charge in [0.2, 0.25) is 0 Å². The molecule has 0 saturated heterocycles. The summed E-state index contributed by atoms with van der Waals surface area (Å²) in [5.41, 5.74) is 1.91. The maximum absolute atomic E-state index is 10.8. The van der Waals surface area contributed by atoms with Gasteiger partial charge in [-0.15, -0.1) is 0 Å². The molecule has 0 spiro atoms. The van der Waals surface area contributed by atoms with Gasteiger partial charge >= 0.3 is 6.03 Å². The highest BCUT2D eigenvalue weighted by Crippen LogP contribution is 1.88. The molecule has 2 atom stereocenters. The maximum atomic E-state index is 10.8. The first-order chi connectivity index (χ1) is 5.07. The number of amides is 2. The van der Waals surface area contributed by atoms with Gasteiger partial charge in [0.15, 0.2) is 0 Å². The Kier molecular flexibility index (Phi) is 4.80. The predicted octanol–water partition coefficient (Wildman–Crippen LogP) is -1.07. The van der Waals surface area contributed by atoms with E-state index in [4.69, 9.17) is 5.84 Å². The fraction of sp³-hybridized carbons (Fsp3) is 0.800. The van der Waals surface area contributed by atoms with Crippen LogP contribution in [0.4, 0.5) is 4.79 Å². The Morgan fingerprint density at radius 3 is 2.64 bits per heavy atom. The molecule has 0 heterocycles. The van der Waals surface area contributed by atoms with Crippen LogP contribution in [-0.2, 0) is 10.8 Å². The Hall–Kier alpha value is -0.620. The van der Waals surface area contributed by atoms with Gasteiger partial charge in [0.05, 0.1) is 0 Å². The number of hydrazine groups is 1. The quantitative estimate of drug-likeness (QED) is 0.293. The third-order valence-corrected chi connectivity index (χ3v) is 2.55. The summed E-state index contributed by atoms with van der Waals surface area (Å²) in [6.07, 6.45) is 1.59. The first kappa shape index (κ1) is 10.4. The van der Waals surface area contributed by atoms with Crippen LogP contribution in [0.5, 0.6) is 0 Å². The van der Waals surface area contributed by atoms with Crippen molar-refractivity contribution < 1.29 is 9.00 Å². The Morgan fingerprint density at radius 2 is 2.27 bits per heavy atom. The average molecular weight is 179 g/mol. The molecule has 0 aromatic rings. The van der Waals surface area contributed by atoms with E-state index in [9.17, 15) is 9.00 Å². The number of carbonyl (C=O) groups excluding carboxylic acids is 1. The van der Waals surface area contributed by atoms with E-state index < -0.39 is 16.8 Å². The van der Waals surface area contributed by atoms with Crippen LogP contribution in [0.3, 0.4) is 0 Å². The Morgan fingerprint density at radius 1 is 1.73 bits per heavy atom. The fourth-order valence-electron chi connectivity index (χ4n) is 0.405. The van der Waals surface area contributed by atoms with Crippen molar-refractivity contribution in [2.45, 2.75) is 12.2 Å². The maximum Gasteiger partial charge on any atom is 0.328 e. The molecule has 4 N–H and O–H groups in total. The summed E-state index contributed by atoms with van der Waals surface area (Å²) in [5, 5.41) is 2.40. The van der Waals surface area contributed by atoms with E-state index in [1.165, 1.54) is 0 Å². The molecule has 0 aliphatic carbocycles. The van der Waals surface area contributed by atoms with Crippen molar-refractivity contribution in [2.24, 2.45) is 5.84 Å². The Labute approximate surface area is 68.1 Å². The molecular weight excluding hydrogens is 166 g/mol. The van der Waals surface area contributed by atoms with Gasteiger partial charge < -0.3 is 5.32 Å². The largest absolute Gasteiger partial charge is 0.336 e. The van der Waals surface area contributed by atoms with E-state index in [-0.39, 0.29) is 5.25 Å². The van der Waals surface area contributed by atoms with E-state index in [1.54, 1.807) is 13.2 Å². The van der Waals surface area contributed by atoms with Crippen molar-refractivity contribution >= 4 is 16.8 Å². The molecule has 2 unspecified atom stereocenters. The monoisotopic (exact) mass is 179 g/mol. The lowest BCUT2D eigenvalue weighted by Crippen LogP contribution is -2.43. The summed E-state index contributed by atoms with van der Waals surface area (Å²) in [4.78, 5) is 10.5. The van der Waals surface area contributed by atoms with Crippen LogP contribution in [0.2, 0.25) is 0 Å². The van der Waals surface area contributed by atoms with E-state index in [1.807, 2.05) is 5.43 Å². The standard InChI is InChI=1S/C5H13N3O2S/c1-4(11(2)10)3-7-5(9)8-6/h4H,3,6H2,1-2H3,(H2,7,8,9). The van der Waals surface area contributed by atoms with Crippen molar-refractivity contribution in [3.63, 3.8) is 0 Å². The van der Waals surface area contributed by atoms with Crippen molar-refractivity contribution in [2.75, 3.05) is 12.8 Å². The van der Waals surface area contributed by atoms with Gasteiger partial charge in [-0.05, 0) is 6.92 Å². The lowest BCUT2D eigenvalue weighted by atomic mass is 10.5. The van der Waals surface area contributed by atoms with Gasteiger partial charge in [0.25, 0.3) is 0 Å². The lowest BCUT2D eigenvalue weighted by Gasteiger charge is -2.08. The van der Waals surface area contributed by atoms with Crippen LogP contribution in [0.1, 0.15) is 6.92 Å². The van der Waals surface area contributed by atoms with Crippen LogP contribution in [0, 0.1) is 0 Å². The zero-order valence-corrected chi connectivity index (χ0v) is 7.40. The van der Waals surface area contributed by atoms with E-state index >= 15 is 0 Å². The number of carbonyl (C=O) groups is 1. The van der Waals surface area contributed by atoms with Gasteiger partial charge in [-0.1, -0.05) is 0 Å². The highest BCUT2D eigenvalue weighted by atomic mass is 32.2. The second-order valence-electron chi connectivity index (χ2n) is 2.16. The number of hydrogen-bond donors (Lipinski definition) is 3. The zero-order valence-electron chi connectivity index (χ0n) is 6.59. The lowest BCUT2D eigenvalue weighted by molar-refractivity contribution is 0.241. The number of urea groups is 1. The van der Waals surface area contributed by atoms with Crippen molar-refractivity contribution in [3.8, 4) is 0 Å². The molecule has 0 saturated carbocycles. The molecule has 66 valence electrons. The number of hydrogen-bond acceptors (Lipinski definition) is 3. The predicted molar refractivity (Wildman–Crippen MR) is 44.3 cm³/mol. The molecule has 0 aromatic heterocycles. The van der Waals surface area contributed by atoms with Crippen LogP contribution < -0.4 is 16.6 Å². The molecule has 0 aliphatic rings. The van der Waals surface area contributed by atoms with Gasteiger partial charge in [-0.2, -0.15) is 0 Å². The summed E-state index contributed by atoms with van der Waals surface area (Å²) in [6.45, 7) is 2.15. The molecule has 0 aromatic carbocycles. The third-order valence-electron chi connectivity index (χ3n) is 1.25. The molecule has 5 nitrogen and oxygen atoms in total. The first-order valence-corrected chi connectivity index (χ1v) is 4.76. The topological polar surface area (TPSA) is 84.2 Å². The molecule has 2 amide bonds. The summed E-state index contributed by atoms with van der Waals surface area (Å²) >= 11 is 0. The minimum atomic E-state index is -0.912. The number of nitrogens with one attached hydrogen (secondary N) is 2. The van der Waals surface area contributed by atoms with E-state index in [0.717, 1.165) is 0 Å². The smallest absolute Gasteiger partial charge is 0.328 e. The zero-order chi connectivity index (χ0) is 8.85. The SMILES string of the molecule is CC(CNC(=O)NN)S(C)=O. The number of nitrogens with two attached hydrogens (primary N) is 1. The summed E-state index contributed by atoms with van der Waals surface area (Å²) < 4.78 is 10.8. The van der Waals surface area contributed by atoms with Crippen LogP contribution in [-0.4, -0.2) is 28.3 Å². The Bertz CT molecular complexity index is 162. The van der Waals surface area contributed by atoms with E-state index in [2.05, 4.69) is 5.32 Å². The summed E-state index contributed by atoms with van der Waals surface area (Å²) in [7, 11) is -0.912. The van der Waals surface area contributed by atoms with Crippen molar-refractivity contribution in [1.82, 2.24) is 10.7 Å². The normalized spacial score (nSPS) is 15.2. The van der Waals surface area contributed by atoms with Crippen molar-refractivity contribution in [3.05, 3.63) is 0 Å². The van der Waals surface area contributed by atoms with Crippen LogP contribution in [0.25, 0.3) is 0 Å². The Balaban J connectivity index is 3.54. The molecule has 0 rings (SSSR count). The average Bonchev–Trinajstić information content (AvgIpc) is 1.99. The molecular formula is C5H13N3O2S. The molecule has 6 heteroatoms. The van der Waals surface area contributed by atoms with Gasteiger partial charge in [-0.25, -0.2) is 10.6 Å². The highest BCUT2D eigenvalue weighted by Gasteiger charge is 2.06. The van der Waals surface area contributed by atoms with Gasteiger partial charge in [-0.3, -0.25) is 9.63 Å². The molecule has 0 bridgehead atoms. The van der Waals surface area contributed by atoms with Crippen LogP contribution in [0.15, 0.2) is 0 Å². The minimum absolute atomic E-state index is 0.0488. The van der Waals surface area contributed by atoms with Crippen LogP contribution >= 0.6 is 0 Å². The second-order valence-corrected chi connectivity index (χ2v) is 3.97. The van der Waals surface area contributed by atoms with Gasteiger partial charge in [0.1, 0.15) is 0 Å². The fourth-order valence-corrected chi connectivity index (χ4v) is 0.723. The summed E-state index contributed by atoms with van der Waals surface area (Å²) in [5.74, 6) is 4.80. The van der Waals surface area contributed by atoms with E-state index in [0.29, 0.717) is 6.54 Å². The molecule has 0 fully saturated rings. The first-order valence-electron chi connectivity index (χ1n) is 3.14. The second kappa shape index (κ2) is 5.09. The third kappa shape index (κ3) is 4.74. The van der Waals surface area contributed by atoms with Crippen molar-refractivity contribution in [1.29, 1.82) is 0 Å².